The quantitative estimate of drug-likeness (QED) is 0.893. The number of hydrogen-bond donors (Lipinski definition) is 1. The topological polar surface area (TPSA) is 43.8 Å². The molecular weight excluding hydrogens is 234 g/mol. The lowest BCUT2D eigenvalue weighted by atomic mass is 9.86. The van der Waals surface area contributed by atoms with E-state index in [1.165, 1.54) is 69.3 Å². The number of nitrogens with zero attached hydrogens (tertiary/aromatic N) is 2. The van der Waals surface area contributed by atoms with Crippen molar-refractivity contribution in [2.75, 3.05) is 5.73 Å². The van der Waals surface area contributed by atoms with E-state index in [4.69, 9.17) is 10.7 Å². The Labute approximate surface area is 115 Å². The molecule has 0 bridgehead atoms. The molecule has 0 aromatic carbocycles. The molecule has 3 heteroatoms. The molecule has 3 saturated carbocycles. The zero-order valence-electron chi connectivity index (χ0n) is 11.8. The maximum Gasteiger partial charge on any atom is 0.127 e. The highest BCUT2D eigenvalue weighted by molar-refractivity contribution is 5.41. The standard InChI is InChI=1S/C16H25N3/c17-15-14(10-11-4-2-1-3-5-11)18-16(12-6-7-12)19(15)13-8-9-13/h11-13H,1-10,17H2. The Morgan fingerprint density at radius 1 is 1.00 bits per heavy atom. The summed E-state index contributed by atoms with van der Waals surface area (Å²) in [6.07, 6.45) is 13.4. The van der Waals surface area contributed by atoms with Crippen LogP contribution in [0, 0.1) is 5.92 Å². The Kier molecular flexibility index (Phi) is 2.82. The first-order valence-electron chi connectivity index (χ1n) is 8.19. The van der Waals surface area contributed by atoms with Gasteiger partial charge in [-0.15, -0.1) is 0 Å². The van der Waals surface area contributed by atoms with Crippen LogP contribution in [0.4, 0.5) is 5.82 Å². The lowest BCUT2D eigenvalue weighted by Gasteiger charge is -2.20. The Morgan fingerprint density at radius 2 is 1.74 bits per heavy atom. The number of rotatable bonds is 4. The second-order valence-corrected chi connectivity index (χ2v) is 6.89. The normalized spacial score (nSPS) is 24.8. The summed E-state index contributed by atoms with van der Waals surface area (Å²) >= 11 is 0. The molecule has 1 aromatic rings. The largest absolute Gasteiger partial charge is 0.384 e. The average Bonchev–Trinajstić information content (AvgIpc) is 3.32. The molecule has 1 heterocycles. The van der Waals surface area contributed by atoms with Crippen molar-refractivity contribution in [1.29, 1.82) is 0 Å². The van der Waals surface area contributed by atoms with Gasteiger partial charge in [0.2, 0.25) is 0 Å². The SMILES string of the molecule is Nc1c(CC2CCCCC2)nc(C2CC2)n1C1CC1. The van der Waals surface area contributed by atoms with Crippen LogP contribution < -0.4 is 5.73 Å². The maximum absolute atomic E-state index is 6.43. The molecule has 0 spiro atoms. The zero-order valence-corrected chi connectivity index (χ0v) is 11.8. The summed E-state index contributed by atoms with van der Waals surface area (Å²) in [5.74, 6) is 3.90. The van der Waals surface area contributed by atoms with Gasteiger partial charge in [-0.1, -0.05) is 32.1 Å². The van der Waals surface area contributed by atoms with Crippen molar-refractivity contribution in [2.24, 2.45) is 5.92 Å². The van der Waals surface area contributed by atoms with E-state index in [-0.39, 0.29) is 0 Å². The lowest BCUT2D eigenvalue weighted by Crippen LogP contribution is -2.11. The second kappa shape index (κ2) is 4.53. The summed E-state index contributed by atoms with van der Waals surface area (Å²) < 4.78 is 2.40. The summed E-state index contributed by atoms with van der Waals surface area (Å²) in [5, 5.41) is 0. The molecular formula is C16H25N3. The van der Waals surface area contributed by atoms with Gasteiger partial charge in [-0.05, 0) is 38.0 Å². The van der Waals surface area contributed by atoms with Gasteiger partial charge in [0.15, 0.2) is 0 Å². The van der Waals surface area contributed by atoms with E-state index in [1.807, 2.05) is 0 Å². The van der Waals surface area contributed by atoms with Gasteiger partial charge in [-0.25, -0.2) is 4.98 Å². The minimum atomic E-state index is 0.684. The number of anilines is 1. The molecule has 104 valence electrons. The van der Waals surface area contributed by atoms with Crippen LogP contribution >= 0.6 is 0 Å². The van der Waals surface area contributed by atoms with Crippen LogP contribution in [0.1, 0.15) is 81.3 Å². The number of aromatic nitrogens is 2. The Morgan fingerprint density at radius 3 is 2.37 bits per heavy atom. The van der Waals surface area contributed by atoms with Gasteiger partial charge in [-0.3, -0.25) is 0 Å². The number of hydrogen-bond acceptors (Lipinski definition) is 2. The molecule has 0 saturated heterocycles. The molecule has 3 aliphatic carbocycles. The third-order valence-corrected chi connectivity index (χ3v) is 5.11. The maximum atomic E-state index is 6.43. The van der Waals surface area contributed by atoms with E-state index in [9.17, 15) is 0 Å². The molecule has 0 radical (unpaired) electrons. The molecule has 3 nitrogen and oxygen atoms in total. The summed E-state index contributed by atoms with van der Waals surface area (Å²) in [5.41, 5.74) is 7.65. The van der Waals surface area contributed by atoms with Gasteiger partial charge in [0.25, 0.3) is 0 Å². The van der Waals surface area contributed by atoms with Crippen molar-refractivity contribution in [1.82, 2.24) is 9.55 Å². The van der Waals surface area contributed by atoms with Crippen LogP contribution in [0.2, 0.25) is 0 Å². The van der Waals surface area contributed by atoms with Gasteiger partial charge in [0.1, 0.15) is 11.6 Å². The van der Waals surface area contributed by atoms with Crippen molar-refractivity contribution < 1.29 is 0 Å². The first kappa shape index (κ1) is 11.8. The molecule has 1 aromatic heterocycles. The molecule has 3 aliphatic rings. The summed E-state index contributed by atoms with van der Waals surface area (Å²) in [4.78, 5) is 4.97. The number of nitrogens with two attached hydrogens (primary N) is 1. The van der Waals surface area contributed by atoms with Crippen molar-refractivity contribution in [3.05, 3.63) is 11.5 Å². The fraction of sp³-hybridized carbons (Fsp3) is 0.812. The van der Waals surface area contributed by atoms with E-state index < -0.39 is 0 Å². The summed E-state index contributed by atoms with van der Waals surface area (Å²) in [6, 6.07) is 0.684. The van der Waals surface area contributed by atoms with Gasteiger partial charge >= 0.3 is 0 Å². The lowest BCUT2D eigenvalue weighted by molar-refractivity contribution is 0.355. The Balaban J connectivity index is 1.58. The third kappa shape index (κ3) is 2.28. The highest BCUT2D eigenvalue weighted by Gasteiger charge is 2.36. The molecule has 19 heavy (non-hydrogen) atoms. The van der Waals surface area contributed by atoms with Gasteiger partial charge in [0.05, 0.1) is 5.69 Å². The molecule has 3 fully saturated rings. The van der Waals surface area contributed by atoms with Crippen LogP contribution in [0.3, 0.4) is 0 Å². The highest BCUT2D eigenvalue weighted by atomic mass is 15.2. The first-order chi connectivity index (χ1) is 9.33. The van der Waals surface area contributed by atoms with Crippen molar-refractivity contribution in [2.45, 2.75) is 76.2 Å². The van der Waals surface area contributed by atoms with E-state index in [0.29, 0.717) is 6.04 Å². The number of nitrogen functional groups attached to an aromatic ring is 1. The predicted octanol–water partition coefficient (Wildman–Crippen LogP) is 3.80. The van der Waals surface area contributed by atoms with Crippen molar-refractivity contribution in [3.8, 4) is 0 Å². The smallest absolute Gasteiger partial charge is 0.127 e. The average molecular weight is 259 g/mol. The zero-order chi connectivity index (χ0) is 12.8. The molecule has 0 aliphatic heterocycles. The fourth-order valence-electron chi connectivity index (χ4n) is 3.67. The fourth-order valence-corrected chi connectivity index (χ4v) is 3.67. The van der Waals surface area contributed by atoms with Gasteiger partial charge in [0, 0.05) is 12.0 Å². The van der Waals surface area contributed by atoms with E-state index in [1.54, 1.807) is 0 Å². The van der Waals surface area contributed by atoms with Crippen LogP contribution in [0.5, 0.6) is 0 Å². The van der Waals surface area contributed by atoms with Crippen LogP contribution in [-0.4, -0.2) is 9.55 Å². The monoisotopic (exact) mass is 259 g/mol. The summed E-state index contributed by atoms with van der Waals surface area (Å²) in [7, 11) is 0. The molecule has 0 unspecified atom stereocenters. The van der Waals surface area contributed by atoms with Crippen molar-refractivity contribution in [3.63, 3.8) is 0 Å². The van der Waals surface area contributed by atoms with E-state index in [0.717, 1.165) is 24.1 Å². The minimum absolute atomic E-state index is 0.684. The molecule has 4 rings (SSSR count). The molecule has 0 amide bonds. The number of imidazole rings is 1. The molecule has 2 N–H and O–H groups in total. The summed E-state index contributed by atoms with van der Waals surface area (Å²) in [6.45, 7) is 0. The van der Waals surface area contributed by atoms with E-state index >= 15 is 0 Å². The van der Waals surface area contributed by atoms with E-state index in [2.05, 4.69) is 4.57 Å². The van der Waals surface area contributed by atoms with Crippen LogP contribution in [0.25, 0.3) is 0 Å². The van der Waals surface area contributed by atoms with Gasteiger partial charge in [-0.2, -0.15) is 0 Å². The Bertz CT molecular complexity index is 463. The predicted molar refractivity (Wildman–Crippen MR) is 77.2 cm³/mol. The highest BCUT2D eigenvalue weighted by Crippen LogP contribution is 2.47. The first-order valence-corrected chi connectivity index (χ1v) is 8.19. The van der Waals surface area contributed by atoms with Gasteiger partial charge < -0.3 is 10.3 Å². The van der Waals surface area contributed by atoms with Crippen LogP contribution in [0.15, 0.2) is 0 Å². The second-order valence-electron chi connectivity index (χ2n) is 6.89. The third-order valence-electron chi connectivity index (χ3n) is 5.11. The van der Waals surface area contributed by atoms with Crippen LogP contribution in [-0.2, 0) is 6.42 Å². The van der Waals surface area contributed by atoms with Crippen molar-refractivity contribution >= 4 is 5.82 Å². The Hall–Kier alpha value is -0.990. The molecule has 0 atom stereocenters. The minimum Gasteiger partial charge on any atom is -0.384 e.